The monoisotopic (exact) mass is 134 g/mol. The summed E-state index contributed by atoms with van der Waals surface area (Å²) in [7, 11) is 0. The van der Waals surface area contributed by atoms with E-state index in [0.717, 1.165) is 6.42 Å². The molecule has 0 nitrogen and oxygen atoms in total. The van der Waals surface area contributed by atoms with Crippen LogP contribution >= 0.6 is 0 Å². The first-order chi connectivity index (χ1) is 4.74. The molecule has 54 valence electrons. The Kier molecular flexibility index (Phi) is 2.10. The van der Waals surface area contributed by atoms with E-state index < -0.39 is 0 Å². The zero-order chi connectivity index (χ0) is 7.56. The zero-order valence-electron chi connectivity index (χ0n) is 6.94. The first-order valence-corrected chi connectivity index (χ1v) is 3.73. The van der Waals surface area contributed by atoms with Crippen LogP contribution in [0.5, 0.6) is 0 Å². The molecular formula is C10H14. The number of hydrogen-bond acceptors (Lipinski definition) is 0. The third-order valence-electron chi connectivity index (χ3n) is 2.06. The maximum Gasteiger partial charge on any atom is -0.00674 e. The molecule has 0 saturated carbocycles. The molecule has 0 heterocycles. The van der Waals surface area contributed by atoms with Crippen LogP contribution < -0.4 is 0 Å². The number of rotatable bonds is 0. The van der Waals surface area contributed by atoms with Crippen molar-refractivity contribution in [1.82, 2.24) is 0 Å². The maximum atomic E-state index is 2.20. The van der Waals surface area contributed by atoms with Crippen molar-refractivity contribution in [3.8, 4) is 0 Å². The van der Waals surface area contributed by atoms with Gasteiger partial charge in [0.25, 0.3) is 0 Å². The summed E-state index contributed by atoms with van der Waals surface area (Å²) in [6.07, 6.45) is 7.70. The van der Waals surface area contributed by atoms with Crippen molar-refractivity contribution in [2.45, 2.75) is 27.2 Å². The molecule has 0 bridgehead atoms. The second-order valence-corrected chi connectivity index (χ2v) is 2.84. The van der Waals surface area contributed by atoms with E-state index in [1.54, 1.807) is 0 Å². The zero-order valence-corrected chi connectivity index (χ0v) is 6.94. The Balaban J connectivity index is 2.84. The van der Waals surface area contributed by atoms with E-state index in [4.69, 9.17) is 0 Å². The lowest BCUT2D eigenvalue weighted by molar-refractivity contribution is 1.09. The fourth-order valence-electron chi connectivity index (χ4n) is 1.08. The molecule has 1 aliphatic carbocycles. The first-order valence-electron chi connectivity index (χ1n) is 3.73. The molecule has 0 aromatic heterocycles. The molecule has 0 heteroatoms. The van der Waals surface area contributed by atoms with Crippen LogP contribution in [0.1, 0.15) is 27.2 Å². The Morgan fingerprint density at radius 1 is 1.30 bits per heavy atom. The Labute approximate surface area is 62.9 Å². The number of hydrogen-bond donors (Lipinski definition) is 0. The van der Waals surface area contributed by atoms with E-state index >= 15 is 0 Å². The molecular weight excluding hydrogens is 120 g/mol. The van der Waals surface area contributed by atoms with E-state index in [2.05, 4.69) is 39.0 Å². The highest BCUT2D eigenvalue weighted by Crippen LogP contribution is 2.21. The first kappa shape index (κ1) is 7.33. The molecule has 10 heavy (non-hydrogen) atoms. The molecule has 0 saturated heterocycles. The second-order valence-electron chi connectivity index (χ2n) is 2.84. The van der Waals surface area contributed by atoms with Crippen LogP contribution in [0.3, 0.4) is 0 Å². The van der Waals surface area contributed by atoms with Crippen molar-refractivity contribution in [3.05, 3.63) is 34.9 Å². The maximum absolute atomic E-state index is 2.20. The summed E-state index contributed by atoms with van der Waals surface area (Å²) in [4.78, 5) is 0. The van der Waals surface area contributed by atoms with Crippen molar-refractivity contribution in [2.24, 2.45) is 0 Å². The standard InChI is InChI=1S/C10H14/c1-4-10-6-5-8(2)9(3)7-10/h4-6H,7H2,1-3H3/b10-4-. The topological polar surface area (TPSA) is 0 Å². The van der Waals surface area contributed by atoms with Gasteiger partial charge in [0.15, 0.2) is 0 Å². The Morgan fingerprint density at radius 2 is 2.00 bits per heavy atom. The minimum atomic E-state index is 1.14. The molecule has 0 N–H and O–H groups in total. The van der Waals surface area contributed by atoms with Gasteiger partial charge in [-0.1, -0.05) is 29.4 Å². The SMILES string of the molecule is C/C=C1/C=CC(C)=C(C)C1. The van der Waals surface area contributed by atoms with Crippen LogP contribution in [-0.2, 0) is 0 Å². The summed E-state index contributed by atoms with van der Waals surface area (Å²) in [5.74, 6) is 0. The highest BCUT2D eigenvalue weighted by molar-refractivity contribution is 5.38. The van der Waals surface area contributed by atoms with E-state index in [0.29, 0.717) is 0 Å². The van der Waals surface area contributed by atoms with Crippen molar-refractivity contribution < 1.29 is 0 Å². The molecule has 0 aromatic carbocycles. The summed E-state index contributed by atoms with van der Waals surface area (Å²) >= 11 is 0. The minimum Gasteiger partial charge on any atom is -0.0841 e. The molecule has 1 rings (SSSR count). The van der Waals surface area contributed by atoms with Crippen molar-refractivity contribution in [1.29, 1.82) is 0 Å². The normalized spacial score (nSPS) is 22.5. The highest BCUT2D eigenvalue weighted by Gasteiger charge is 2.01. The molecule has 0 aliphatic heterocycles. The molecule has 0 amide bonds. The summed E-state index contributed by atoms with van der Waals surface area (Å²) in [6.45, 7) is 6.45. The lowest BCUT2D eigenvalue weighted by atomic mass is 9.96. The Bertz CT molecular complexity index is 214. The van der Waals surface area contributed by atoms with Crippen LogP contribution in [0.2, 0.25) is 0 Å². The van der Waals surface area contributed by atoms with Gasteiger partial charge in [0.1, 0.15) is 0 Å². The van der Waals surface area contributed by atoms with Gasteiger partial charge >= 0.3 is 0 Å². The molecule has 0 unspecified atom stereocenters. The molecule has 0 fully saturated rings. The van der Waals surface area contributed by atoms with E-state index in [9.17, 15) is 0 Å². The fraction of sp³-hybridized carbons (Fsp3) is 0.400. The summed E-state index contributed by atoms with van der Waals surface area (Å²) in [5.41, 5.74) is 4.35. The lowest BCUT2D eigenvalue weighted by Crippen LogP contribution is -1.90. The van der Waals surface area contributed by atoms with E-state index in [1.807, 2.05) is 0 Å². The van der Waals surface area contributed by atoms with Gasteiger partial charge in [0.2, 0.25) is 0 Å². The molecule has 0 spiro atoms. The van der Waals surface area contributed by atoms with E-state index in [-0.39, 0.29) is 0 Å². The van der Waals surface area contributed by atoms with Crippen LogP contribution in [0, 0.1) is 0 Å². The second kappa shape index (κ2) is 2.87. The van der Waals surface area contributed by atoms with Gasteiger partial charge in [0, 0.05) is 0 Å². The summed E-state index contributed by atoms with van der Waals surface area (Å²) < 4.78 is 0. The van der Waals surface area contributed by atoms with Gasteiger partial charge in [-0.05, 0) is 32.8 Å². The van der Waals surface area contributed by atoms with Crippen LogP contribution in [0.4, 0.5) is 0 Å². The largest absolute Gasteiger partial charge is 0.0841 e. The van der Waals surface area contributed by atoms with Gasteiger partial charge in [-0.3, -0.25) is 0 Å². The fourth-order valence-corrected chi connectivity index (χ4v) is 1.08. The van der Waals surface area contributed by atoms with Gasteiger partial charge in [-0.25, -0.2) is 0 Å². The average molecular weight is 134 g/mol. The van der Waals surface area contributed by atoms with Gasteiger partial charge in [0.05, 0.1) is 0 Å². The molecule has 1 aliphatic rings. The molecule has 0 atom stereocenters. The molecule has 0 radical (unpaired) electrons. The Hall–Kier alpha value is -0.780. The minimum absolute atomic E-state index is 1.14. The highest BCUT2D eigenvalue weighted by atomic mass is 14.1. The average Bonchev–Trinajstić information content (AvgIpc) is 1.95. The van der Waals surface area contributed by atoms with Crippen molar-refractivity contribution in [2.75, 3.05) is 0 Å². The summed E-state index contributed by atoms with van der Waals surface area (Å²) in [5, 5.41) is 0. The van der Waals surface area contributed by atoms with Crippen LogP contribution in [0.25, 0.3) is 0 Å². The van der Waals surface area contributed by atoms with Gasteiger partial charge in [-0.15, -0.1) is 0 Å². The summed E-state index contributed by atoms with van der Waals surface area (Å²) in [6, 6.07) is 0. The smallest absolute Gasteiger partial charge is 0.00674 e. The predicted octanol–water partition coefficient (Wildman–Crippen LogP) is 3.23. The Morgan fingerprint density at radius 3 is 2.50 bits per heavy atom. The quantitative estimate of drug-likeness (QED) is 0.477. The third-order valence-corrected chi connectivity index (χ3v) is 2.06. The third kappa shape index (κ3) is 1.38. The van der Waals surface area contributed by atoms with Crippen molar-refractivity contribution in [3.63, 3.8) is 0 Å². The molecule has 0 aromatic rings. The van der Waals surface area contributed by atoms with Crippen LogP contribution in [0.15, 0.2) is 34.9 Å². The van der Waals surface area contributed by atoms with Crippen molar-refractivity contribution >= 4 is 0 Å². The number of allylic oxidation sites excluding steroid dienone is 6. The van der Waals surface area contributed by atoms with E-state index in [1.165, 1.54) is 16.7 Å². The van der Waals surface area contributed by atoms with Crippen LogP contribution in [-0.4, -0.2) is 0 Å². The van der Waals surface area contributed by atoms with Gasteiger partial charge < -0.3 is 0 Å². The predicted molar refractivity (Wildman–Crippen MR) is 45.9 cm³/mol. The lowest BCUT2D eigenvalue weighted by Gasteiger charge is -2.10. The van der Waals surface area contributed by atoms with Gasteiger partial charge in [-0.2, -0.15) is 0 Å².